The molecule has 0 unspecified atom stereocenters. The summed E-state index contributed by atoms with van der Waals surface area (Å²) in [5.74, 6) is -1.38. The minimum Gasteiger partial charge on any atom is -0.462 e. The molecule has 0 atom stereocenters. The van der Waals surface area contributed by atoms with Crippen LogP contribution in [0.4, 0.5) is 5.13 Å². The van der Waals surface area contributed by atoms with Crippen LogP contribution in [0, 0.1) is 6.92 Å². The summed E-state index contributed by atoms with van der Waals surface area (Å²) in [6, 6.07) is 11.3. The van der Waals surface area contributed by atoms with Crippen molar-refractivity contribution < 1.29 is 23.9 Å². The number of nitrogens with zero attached hydrogens (tertiary/aromatic N) is 2. The molecule has 0 radical (unpaired) electrons. The minimum atomic E-state index is -0.495. The number of benzene rings is 1. The van der Waals surface area contributed by atoms with Crippen molar-refractivity contribution in [3.8, 4) is 0 Å². The quantitative estimate of drug-likeness (QED) is 0.436. The number of esters is 2. The van der Waals surface area contributed by atoms with Gasteiger partial charge >= 0.3 is 11.9 Å². The van der Waals surface area contributed by atoms with Gasteiger partial charge in [0.1, 0.15) is 9.75 Å². The van der Waals surface area contributed by atoms with Gasteiger partial charge in [0, 0.05) is 4.88 Å². The van der Waals surface area contributed by atoms with Crippen LogP contribution in [0.3, 0.4) is 0 Å². The van der Waals surface area contributed by atoms with Crippen LogP contribution in [-0.2, 0) is 33.7 Å². The lowest BCUT2D eigenvalue weighted by Gasteiger charge is -2.20. The van der Waals surface area contributed by atoms with E-state index in [0.717, 1.165) is 36.2 Å². The van der Waals surface area contributed by atoms with Gasteiger partial charge in [-0.05, 0) is 50.3 Å². The number of hydrogen-bond donors (Lipinski definition) is 0. The first kappa shape index (κ1) is 23.1. The fraction of sp³-hybridized carbons (Fsp3) is 0.333. The smallest absolute Gasteiger partial charge is 0.350 e. The first-order chi connectivity index (χ1) is 16.0. The van der Waals surface area contributed by atoms with Crippen molar-refractivity contribution in [2.24, 2.45) is 0 Å². The van der Waals surface area contributed by atoms with Crippen LogP contribution in [-0.4, -0.2) is 36.0 Å². The van der Waals surface area contributed by atoms with Crippen LogP contribution >= 0.6 is 22.7 Å². The van der Waals surface area contributed by atoms with E-state index in [1.807, 2.05) is 36.4 Å². The minimum absolute atomic E-state index is 0.236. The van der Waals surface area contributed by atoms with Crippen LogP contribution in [0.15, 0.2) is 36.4 Å². The summed E-state index contributed by atoms with van der Waals surface area (Å²) in [7, 11) is 0. The topological polar surface area (TPSA) is 85.8 Å². The summed E-state index contributed by atoms with van der Waals surface area (Å²) >= 11 is 2.53. The fourth-order valence-electron chi connectivity index (χ4n) is 3.62. The zero-order chi connectivity index (χ0) is 23.4. The second-order valence-electron chi connectivity index (χ2n) is 7.59. The van der Waals surface area contributed by atoms with Crippen LogP contribution in [0.1, 0.15) is 54.4 Å². The Kier molecular flexibility index (Phi) is 7.20. The first-order valence-electron chi connectivity index (χ1n) is 10.7. The Morgan fingerprint density at radius 1 is 1.06 bits per heavy atom. The fourth-order valence-corrected chi connectivity index (χ4v) is 5.74. The highest BCUT2D eigenvalue weighted by molar-refractivity contribution is 7.17. The van der Waals surface area contributed by atoms with Crippen LogP contribution in [0.25, 0.3) is 0 Å². The van der Waals surface area contributed by atoms with Gasteiger partial charge in [-0.2, -0.15) is 0 Å². The monoisotopic (exact) mass is 484 g/mol. The molecule has 3 aromatic rings. The van der Waals surface area contributed by atoms with E-state index in [4.69, 9.17) is 9.47 Å². The highest BCUT2D eigenvalue weighted by atomic mass is 32.1. The van der Waals surface area contributed by atoms with E-state index in [1.54, 1.807) is 13.8 Å². The van der Waals surface area contributed by atoms with Gasteiger partial charge in [0.15, 0.2) is 11.7 Å². The van der Waals surface area contributed by atoms with Gasteiger partial charge in [-0.1, -0.05) is 41.7 Å². The van der Waals surface area contributed by atoms with E-state index in [1.165, 1.54) is 26.7 Å². The summed E-state index contributed by atoms with van der Waals surface area (Å²) < 4.78 is 10.4. The number of thiazole rings is 1. The zero-order valence-corrected chi connectivity index (χ0v) is 20.1. The SMILES string of the molecule is CCOC(=O)c1sc(N(Cc2ccccc2)C(=O)COC(=O)c2cc3c(s2)CCC3)nc1C. The van der Waals surface area contributed by atoms with Crippen molar-refractivity contribution >= 4 is 45.7 Å². The molecule has 0 spiro atoms. The molecule has 0 saturated heterocycles. The Labute approximate surface area is 200 Å². The van der Waals surface area contributed by atoms with Gasteiger partial charge in [0.05, 0.1) is 18.8 Å². The Morgan fingerprint density at radius 2 is 1.85 bits per heavy atom. The van der Waals surface area contributed by atoms with E-state index in [-0.39, 0.29) is 13.2 Å². The van der Waals surface area contributed by atoms with Gasteiger partial charge < -0.3 is 9.47 Å². The number of ether oxygens (including phenoxy) is 2. The number of hydrogen-bond acceptors (Lipinski definition) is 8. The van der Waals surface area contributed by atoms with Gasteiger partial charge in [0.2, 0.25) is 0 Å². The van der Waals surface area contributed by atoms with E-state index >= 15 is 0 Å². The molecule has 0 N–H and O–H groups in total. The Hall–Kier alpha value is -3.04. The molecular weight excluding hydrogens is 460 g/mol. The summed E-state index contributed by atoms with van der Waals surface area (Å²) in [5.41, 5.74) is 2.58. The average Bonchev–Trinajstić information content (AvgIpc) is 3.51. The number of rotatable bonds is 8. The number of anilines is 1. The Morgan fingerprint density at radius 3 is 2.58 bits per heavy atom. The van der Waals surface area contributed by atoms with Crippen molar-refractivity contribution in [3.63, 3.8) is 0 Å². The number of carbonyl (C=O) groups excluding carboxylic acids is 3. The first-order valence-corrected chi connectivity index (χ1v) is 12.4. The predicted octanol–water partition coefficient (Wildman–Crippen LogP) is 4.57. The highest BCUT2D eigenvalue weighted by Crippen LogP contribution is 2.31. The average molecular weight is 485 g/mol. The molecule has 1 amide bonds. The molecule has 1 aliphatic carbocycles. The number of aryl methyl sites for hydroxylation is 3. The second kappa shape index (κ2) is 10.3. The molecule has 0 fully saturated rings. The molecule has 2 heterocycles. The number of fused-ring (bicyclic) bond motifs is 1. The lowest BCUT2D eigenvalue weighted by Crippen LogP contribution is -2.34. The molecule has 33 heavy (non-hydrogen) atoms. The van der Waals surface area contributed by atoms with Gasteiger partial charge in [0.25, 0.3) is 5.91 Å². The van der Waals surface area contributed by atoms with Gasteiger partial charge in [-0.15, -0.1) is 11.3 Å². The zero-order valence-electron chi connectivity index (χ0n) is 18.5. The summed E-state index contributed by atoms with van der Waals surface area (Å²) in [4.78, 5) is 45.9. The normalized spacial score (nSPS) is 12.3. The third-order valence-electron chi connectivity index (χ3n) is 5.24. The van der Waals surface area contributed by atoms with Crippen LogP contribution < -0.4 is 4.90 Å². The van der Waals surface area contributed by atoms with Crippen molar-refractivity contribution in [2.45, 2.75) is 39.7 Å². The van der Waals surface area contributed by atoms with E-state index in [0.29, 0.717) is 20.6 Å². The van der Waals surface area contributed by atoms with Gasteiger partial charge in [-0.3, -0.25) is 9.69 Å². The molecule has 9 heteroatoms. The van der Waals surface area contributed by atoms with E-state index in [2.05, 4.69) is 4.98 Å². The number of carbonyl (C=O) groups is 3. The van der Waals surface area contributed by atoms with Crippen LogP contribution in [0.2, 0.25) is 0 Å². The predicted molar refractivity (Wildman–Crippen MR) is 127 cm³/mol. The van der Waals surface area contributed by atoms with Crippen LogP contribution in [0.5, 0.6) is 0 Å². The second-order valence-corrected chi connectivity index (χ2v) is 9.70. The maximum Gasteiger partial charge on any atom is 0.350 e. The standard InChI is InChI=1S/C24H24N2O5S2/c1-3-30-23(29)21-15(2)25-24(33-21)26(13-16-8-5-4-6-9-16)20(27)14-31-22(28)19-12-17-10-7-11-18(17)32-19/h4-6,8-9,12H,3,7,10-11,13-14H2,1-2H3. The maximum atomic E-state index is 13.1. The highest BCUT2D eigenvalue weighted by Gasteiger charge is 2.26. The third kappa shape index (κ3) is 5.31. The largest absolute Gasteiger partial charge is 0.462 e. The Balaban J connectivity index is 1.51. The number of aromatic nitrogens is 1. The Bertz CT molecular complexity index is 1150. The van der Waals surface area contributed by atoms with Gasteiger partial charge in [-0.25, -0.2) is 14.6 Å². The van der Waals surface area contributed by atoms with Crippen molar-refractivity contribution in [2.75, 3.05) is 18.1 Å². The number of thiophene rings is 1. The molecule has 1 aromatic carbocycles. The molecule has 4 rings (SSSR count). The molecular formula is C24H24N2O5S2. The molecule has 7 nitrogen and oxygen atoms in total. The lowest BCUT2D eigenvalue weighted by atomic mass is 10.2. The lowest BCUT2D eigenvalue weighted by molar-refractivity contribution is -0.121. The molecule has 2 aromatic heterocycles. The summed E-state index contributed by atoms with van der Waals surface area (Å²) in [6.45, 7) is 3.51. The molecule has 0 bridgehead atoms. The molecule has 1 aliphatic rings. The third-order valence-corrected chi connectivity index (χ3v) is 7.61. The van der Waals surface area contributed by atoms with E-state index in [9.17, 15) is 14.4 Å². The maximum absolute atomic E-state index is 13.1. The summed E-state index contributed by atoms with van der Waals surface area (Å²) in [5, 5.41) is 0.357. The van der Waals surface area contributed by atoms with Crippen molar-refractivity contribution in [1.29, 1.82) is 0 Å². The van der Waals surface area contributed by atoms with E-state index < -0.39 is 24.5 Å². The summed E-state index contributed by atoms with van der Waals surface area (Å²) in [6.07, 6.45) is 3.09. The van der Waals surface area contributed by atoms with Crippen molar-refractivity contribution in [1.82, 2.24) is 4.98 Å². The molecule has 0 aliphatic heterocycles. The molecule has 172 valence electrons. The molecule has 0 saturated carbocycles. The van der Waals surface area contributed by atoms with Crippen molar-refractivity contribution in [3.05, 3.63) is 67.9 Å². The number of amides is 1.